The van der Waals surface area contributed by atoms with Crippen LogP contribution in [0.15, 0.2) is 36.7 Å². The SMILES string of the molecule is O=CNCc1cncc(-c2cccc3c2CN(C2CCC(=O)NC2=O)C3=O)c1. The number of hydrogen-bond donors (Lipinski definition) is 2. The molecule has 0 radical (unpaired) electrons. The lowest BCUT2D eigenvalue weighted by molar-refractivity contribution is -0.136. The lowest BCUT2D eigenvalue weighted by atomic mass is 9.97. The van der Waals surface area contributed by atoms with Crippen molar-refractivity contribution in [3.8, 4) is 11.1 Å². The summed E-state index contributed by atoms with van der Waals surface area (Å²) in [4.78, 5) is 52.8. The van der Waals surface area contributed by atoms with E-state index in [9.17, 15) is 19.2 Å². The molecule has 1 aromatic heterocycles. The van der Waals surface area contributed by atoms with Crippen LogP contribution >= 0.6 is 0 Å². The molecule has 4 rings (SSSR count). The maximum Gasteiger partial charge on any atom is 0.255 e. The van der Waals surface area contributed by atoms with Gasteiger partial charge in [-0.2, -0.15) is 0 Å². The Bertz CT molecular complexity index is 988. The molecule has 2 aliphatic rings. The second kappa shape index (κ2) is 7.22. The van der Waals surface area contributed by atoms with Gasteiger partial charge in [-0.3, -0.25) is 29.5 Å². The maximum atomic E-state index is 12.9. The molecule has 0 aliphatic carbocycles. The molecule has 2 aromatic rings. The van der Waals surface area contributed by atoms with E-state index in [-0.39, 0.29) is 18.2 Å². The monoisotopic (exact) mass is 378 g/mol. The first-order valence-corrected chi connectivity index (χ1v) is 8.96. The number of amides is 4. The molecular formula is C20H18N4O4. The maximum absolute atomic E-state index is 12.9. The summed E-state index contributed by atoms with van der Waals surface area (Å²) in [6.45, 7) is 0.661. The van der Waals surface area contributed by atoms with Crippen molar-refractivity contribution in [1.82, 2.24) is 20.5 Å². The number of pyridine rings is 1. The van der Waals surface area contributed by atoms with Crippen molar-refractivity contribution in [2.45, 2.75) is 32.0 Å². The fraction of sp³-hybridized carbons (Fsp3) is 0.250. The Hall–Kier alpha value is -3.55. The van der Waals surface area contributed by atoms with Crippen molar-refractivity contribution in [3.63, 3.8) is 0 Å². The predicted molar refractivity (Wildman–Crippen MR) is 98.6 cm³/mol. The summed E-state index contributed by atoms with van der Waals surface area (Å²) in [6.07, 6.45) is 4.56. The molecule has 8 heteroatoms. The average molecular weight is 378 g/mol. The number of carbonyl (C=O) groups excluding carboxylic acids is 4. The van der Waals surface area contributed by atoms with Crippen LogP contribution in [-0.2, 0) is 27.5 Å². The standard InChI is InChI=1S/C20H18N4O4/c25-11-22-8-12-6-13(9-21-7-12)14-2-1-3-15-16(14)10-24(20(15)28)17-4-5-18(26)23-19(17)27/h1-3,6-7,9,11,17H,4-5,8,10H2,(H,22,25)(H,23,26,27). The number of rotatable bonds is 5. The molecule has 142 valence electrons. The first-order chi connectivity index (χ1) is 13.6. The second-order valence-electron chi connectivity index (χ2n) is 6.81. The van der Waals surface area contributed by atoms with Crippen molar-refractivity contribution in [2.75, 3.05) is 0 Å². The van der Waals surface area contributed by atoms with Crippen LogP contribution in [0.3, 0.4) is 0 Å². The van der Waals surface area contributed by atoms with E-state index >= 15 is 0 Å². The van der Waals surface area contributed by atoms with E-state index in [2.05, 4.69) is 15.6 Å². The number of aromatic nitrogens is 1. The van der Waals surface area contributed by atoms with Crippen LogP contribution in [0.2, 0.25) is 0 Å². The van der Waals surface area contributed by atoms with Crippen molar-refractivity contribution >= 4 is 24.1 Å². The van der Waals surface area contributed by atoms with Crippen molar-refractivity contribution in [3.05, 3.63) is 53.3 Å². The molecule has 2 aliphatic heterocycles. The van der Waals surface area contributed by atoms with Crippen LogP contribution in [0, 0.1) is 0 Å². The molecular weight excluding hydrogens is 360 g/mol. The van der Waals surface area contributed by atoms with E-state index in [1.54, 1.807) is 24.5 Å². The molecule has 0 bridgehead atoms. The molecule has 0 spiro atoms. The Labute approximate surface area is 160 Å². The molecule has 1 saturated heterocycles. The third-order valence-electron chi connectivity index (χ3n) is 5.08. The number of fused-ring (bicyclic) bond motifs is 1. The number of carbonyl (C=O) groups is 4. The zero-order valence-corrected chi connectivity index (χ0v) is 15.0. The van der Waals surface area contributed by atoms with Gasteiger partial charge in [0.2, 0.25) is 18.2 Å². The Kier molecular flexibility index (Phi) is 4.60. The average Bonchev–Trinajstić information content (AvgIpc) is 3.03. The highest BCUT2D eigenvalue weighted by Crippen LogP contribution is 2.34. The lowest BCUT2D eigenvalue weighted by Crippen LogP contribution is -2.52. The van der Waals surface area contributed by atoms with Gasteiger partial charge in [0, 0.05) is 43.0 Å². The van der Waals surface area contributed by atoms with Gasteiger partial charge in [0.15, 0.2) is 0 Å². The van der Waals surface area contributed by atoms with E-state index in [4.69, 9.17) is 0 Å². The summed E-state index contributed by atoms with van der Waals surface area (Å²) in [5, 5.41) is 4.92. The number of hydrogen-bond acceptors (Lipinski definition) is 5. The van der Waals surface area contributed by atoms with Crippen molar-refractivity contribution < 1.29 is 19.2 Å². The molecule has 3 heterocycles. The van der Waals surface area contributed by atoms with E-state index < -0.39 is 11.9 Å². The molecule has 0 saturated carbocycles. The van der Waals surface area contributed by atoms with Gasteiger partial charge in [-0.05, 0) is 35.2 Å². The molecule has 1 aromatic carbocycles. The zero-order valence-electron chi connectivity index (χ0n) is 15.0. The van der Waals surface area contributed by atoms with Gasteiger partial charge >= 0.3 is 0 Å². The molecule has 1 unspecified atom stereocenters. The summed E-state index contributed by atoms with van der Waals surface area (Å²) in [5.74, 6) is -0.946. The Morgan fingerprint density at radius 3 is 2.82 bits per heavy atom. The topological polar surface area (TPSA) is 108 Å². The first-order valence-electron chi connectivity index (χ1n) is 8.96. The smallest absolute Gasteiger partial charge is 0.255 e. The minimum atomic E-state index is -0.647. The highest BCUT2D eigenvalue weighted by atomic mass is 16.2. The lowest BCUT2D eigenvalue weighted by Gasteiger charge is -2.29. The number of nitrogens with one attached hydrogen (secondary N) is 2. The Balaban J connectivity index is 1.66. The third kappa shape index (κ3) is 3.13. The van der Waals surface area contributed by atoms with Crippen LogP contribution in [0.25, 0.3) is 11.1 Å². The Morgan fingerprint density at radius 2 is 2.04 bits per heavy atom. The van der Waals surface area contributed by atoms with Gasteiger partial charge in [0.25, 0.3) is 5.91 Å². The van der Waals surface area contributed by atoms with E-state index in [1.165, 1.54) is 4.90 Å². The van der Waals surface area contributed by atoms with Crippen LogP contribution in [-0.4, -0.2) is 40.1 Å². The number of imide groups is 1. The van der Waals surface area contributed by atoms with Gasteiger partial charge in [-0.15, -0.1) is 0 Å². The highest BCUT2D eigenvalue weighted by Gasteiger charge is 2.39. The normalized spacial score (nSPS) is 18.6. The van der Waals surface area contributed by atoms with Gasteiger partial charge in [-0.1, -0.05) is 12.1 Å². The predicted octanol–water partition coefficient (Wildman–Crippen LogP) is 0.756. The summed E-state index contributed by atoms with van der Waals surface area (Å²) >= 11 is 0. The number of piperidine rings is 1. The van der Waals surface area contributed by atoms with Crippen molar-refractivity contribution in [2.24, 2.45) is 0 Å². The van der Waals surface area contributed by atoms with Crippen LogP contribution in [0.1, 0.15) is 34.3 Å². The van der Waals surface area contributed by atoms with Crippen molar-refractivity contribution in [1.29, 1.82) is 0 Å². The second-order valence-corrected chi connectivity index (χ2v) is 6.81. The van der Waals surface area contributed by atoms with E-state index in [1.807, 2.05) is 12.1 Å². The van der Waals surface area contributed by atoms with Gasteiger partial charge in [0.1, 0.15) is 6.04 Å². The molecule has 1 fully saturated rings. The first kappa shape index (κ1) is 17.8. The largest absolute Gasteiger partial charge is 0.355 e. The van der Waals surface area contributed by atoms with E-state index in [0.717, 1.165) is 22.3 Å². The molecule has 1 atom stereocenters. The van der Waals surface area contributed by atoms with Crippen LogP contribution in [0.4, 0.5) is 0 Å². The van der Waals surface area contributed by atoms with Crippen LogP contribution < -0.4 is 10.6 Å². The van der Waals surface area contributed by atoms with Gasteiger partial charge < -0.3 is 10.2 Å². The van der Waals surface area contributed by atoms with E-state index in [0.29, 0.717) is 31.5 Å². The fourth-order valence-electron chi connectivity index (χ4n) is 3.75. The summed E-state index contributed by atoms with van der Waals surface area (Å²) in [5.41, 5.74) is 3.92. The number of benzene rings is 1. The van der Waals surface area contributed by atoms with Gasteiger partial charge in [0.05, 0.1) is 0 Å². The summed E-state index contributed by atoms with van der Waals surface area (Å²) in [6, 6.07) is 6.73. The Morgan fingerprint density at radius 1 is 1.21 bits per heavy atom. The summed E-state index contributed by atoms with van der Waals surface area (Å²) < 4.78 is 0. The highest BCUT2D eigenvalue weighted by molar-refractivity contribution is 6.06. The quantitative estimate of drug-likeness (QED) is 0.590. The third-order valence-corrected chi connectivity index (χ3v) is 5.08. The fourth-order valence-corrected chi connectivity index (χ4v) is 3.75. The number of nitrogens with zero attached hydrogens (tertiary/aromatic N) is 2. The minimum Gasteiger partial charge on any atom is -0.355 e. The molecule has 8 nitrogen and oxygen atoms in total. The molecule has 28 heavy (non-hydrogen) atoms. The van der Waals surface area contributed by atoms with Crippen LogP contribution in [0.5, 0.6) is 0 Å². The zero-order chi connectivity index (χ0) is 19.7. The molecule has 2 N–H and O–H groups in total. The molecule has 4 amide bonds. The summed E-state index contributed by atoms with van der Waals surface area (Å²) in [7, 11) is 0. The van der Waals surface area contributed by atoms with Gasteiger partial charge in [-0.25, -0.2) is 0 Å². The minimum absolute atomic E-state index is 0.210.